The fourth-order valence-corrected chi connectivity index (χ4v) is 8.92. The molecule has 1 aliphatic heterocycles. The van der Waals surface area contributed by atoms with Gasteiger partial charge in [-0.25, -0.2) is 4.79 Å². The molecule has 4 atom stereocenters. The van der Waals surface area contributed by atoms with Crippen LogP contribution in [0.3, 0.4) is 0 Å². The van der Waals surface area contributed by atoms with Crippen LogP contribution in [0.2, 0.25) is 10.0 Å². The number of nitrogens with one attached hydrogen (secondary N) is 2. The van der Waals surface area contributed by atoms with E-state index in [2.05, 4.69) is 25.8 Å². The van der Waals surface area contributed by atoms with E-state index < -0.39 is 42.0 Å². The van der Waals surface area contributed by atoms with Crippen molar-refractivity contribution in [1.82, 2.24) is 9.55 Å². The van der Waals surface area contributed by atoms with Crippen molar-refractivity contribution in [2.75, 3.05) is 40.5 Å². The Hall–Kier alpha value is -4.01. The third-order valence-electron chi connectivity index (χ3n) is 10.1. The predicted octanol–water partition coefficient (Wildman–Crippen LogP) is 6.45. The smallest absolute Gasteiger partial charge is 0.330 e. The van der Waals surface area contributed by atoms with Gasteiger partial charge in [-0.3, -0.25) is 14.3 Å². The summed E-state index contributed by atoms with van der Waals surface area (Å²) in [5, 5.41) is 0.491. The molecule has 0 spiro atoms. The number of aryl methyl sites for hydroxylation is 1. The summed E-state index contributed by atoms with van der Waals surface area (Å²) in [5.41, 5.74) is 0.156. The van der Waals surface area contributed by atoms with E-state index in [0.29, 0.717) is 11.5 Å². The normalized spacial score (nSPS) is 17.5. The van der Waals surface area contributed by atoms with Crippen LogP contribution in [0, 0.1) is 6.92 Å². The quantitative estimate of drug-likeness (QED) is 0.0841. The van der Waals surface area contributed by atoms with Crippen LogP contribution in [0.15, 0.2) is 113 Å². The highest BCUT2D eigenvalue weighted by molar-refractivity contribution is 8.06. The lowest BCUT2D eigenvalue weighted by Gasteiger charge is -2.38. The topological polar surface area (TPSA) is 138 Å². The average Bonchev–Trinajstić information content (AvgIpc) is 3.61. The minimum absolute atomic E-state index is 0.00309. The standard InChI is InChI=1S/C37H35Cl2N2O9PS.C6H15N/c1-23-21-41(36(43)40-35(23)42)34-20-32(50-51(44,52)49-31-18-27(38)17-28(39)19-31)33(48-34)22-47-37(24-7-5-4-6-8-24,25-9-13-29(45-2)14-10-25)26-11-15-30(46-3)16-12-26;1-4-7(5-2)6-3/h4-19,21,32-34H,20,22H2,1-3H3,(H,44,52)(H,40,42,43);4-6H2,1-3H3/t32-,33+,34+,51?;/m0./s1. The molecule has 4 aromatic carbocycles. The molecule has 1 aromatic heterocycles. The Morgan fingerprint density at radius 1 is 0.847 bits per heavy atom. The maximum absolute atomic E-state index is 13.8. The summed E-state index contributed by atoms with van der Waals surface area (Å²) in [4.78, 5) is 42.9. The van der Waals surface area contributed by atoms with E-state index in [4.69, 9.17) is 63.0 Å². The lowest BCUT2D eigenvalue weighted by Crippen LogP contribution is -3.11. The van der Waals surface area contributed by atoms with E-state index in [1.165, 1.54) is 48.6 Å². The molecule has 0 bridgehead atoms. The van der Waals surface area contributed by atoms with Gasteiger partial charge in [0, 0.05) is 28.2 Å². The summed E-state index contributed by atoms with van der Waals surface area (Å²) in [6, 6.07) is 28.9. The molecule has 12 nitrogen and oxygen atoms in total. The van der Waals surface area contributed by atoms with E-state index in [9.17, 15) is 14.5 Å². The molecule has 0 saturated carbocycles. The number of quaternary nitrogens is 1. The number of aromatic amines is 1. The van der Waals surface area contributed by atoms with Gasteiger partial charge in [-0.05, 0) is 98.7 Å². The fraction of sp³-hybridized carbons (Fsp3) is 0.349. The summed E-state index contributed by atoms with van der Waals surface area (Å²) >= 11 is 17.6. The molecule has 16 heteroatoms. The number of methoxy groups -OCH3 is 2. The third-order valence-corrected chi connectivity index (χ3v) is 12.0. The lowest BCUT2D eigenvalue weighted by atomic mass is 9.80. The zero-order valence-corrected chi connectivity index (χ0v) is 37.0. The number of rotatable bonds is 16. The molecule has 1 aliphatic rings. The van der Waals surface area contributed by atoms with Crippen molar-refractivity contribution in [3.05, 3.63) is 156 Å². The molecule has 316 valence electrons. The zero-order chi connectivity index (χ0) is 42.7. The van der Waals surface area contributed by atoms with Gasteiger partial charge in [-0.15, -0.1) is 0 Å². The summed E-state index contributed by atoms with van der Waals surface area (Å²) in [5.74, 6) is 1.35. The van der Waals surface area contributed by atoms with Gasteiger partial charge in [0.05, 0.1) is 46.6 Å². The molecule has 5 aromatic rings. The Morgan fingerprint density at radius 2 is 1.37 bits per heavy atom. The lowest BCUT2D eigenvalue weighted by molar-refractivity contribution is -0.894. The maximum Gasteiger partial charge on any atom is 0.330 e. The molecule has 0 amide bonds. The number of ether oxygens (including phenoxy) is 4. The van der Waals surface area contributed by atoms with E-state index in [0.717, 1.165) is 16.7 Å². The van der Waals surface area contributed by atoms with Crippen molar-refractivity contribution >= 4 is 41.7 Å². The zero-order valence-electron chi connectivity index (χ0n) is 33.8. The van der Waals surface area contributed by atoms with E-state index in [1.807, 2.05) is 78.9 Å². The van der Waals surface area contributed by atoms with E-state index in [1.54, 1.807) is 26.0 Å². The van der Waals surface area contributed by atoms with Gasteiger partial charge >= 0.3 is 5.69 Å². The van der Waals surface area contributed by atoms with E-state index in [-0.39, 0.29) is 34.4 Å². The van der Waals surface area contributed by atoms with Crippen molar-refractivity contribution in [2.45, 2.75) is 58.2 Å². The van der Waals surface area contributed by atoms with Gasteiger partial charge in [0.25, 0.3) is 5.56 Å². The highest BCUT2D eigenvalue weighted by Crippen LogP contribution is 2.48. The number of aromatic nitrogens is 2. The monoisotopic (exact) mass is 885 g/mol. The fourth-order valence-electron chi connectivity index (χ4n) is 6.86. The van der Waals surface area contributed by atoms with Crippen LogP contribution in [-0.4, -0.2) is 62.2 Å². The Labute approximate surface area is 359 Å². The molecule has 1 fully saturated rings. The first-order valence-corrected chi connectivity index (χ1v) is 22.5. The van der Waals surface area contributed by atoms with Gasteiger partial charge in [0.1, 0.15) is 35.2 Å². The van der Waals surface area contributed by atoms with Crippen LogP contribution in [0.5, 0.6) is 17.2 Å². The minimum Gasteiger partial charge on any atom is -0.770 e. The van der Waals surface area contributed by atoms with Crippen LogP contribution >= 0.6 is 29.9 Å². The Morgan fingerprint density at radius 3 is 1.86 bits per heavy atom. The largest absolute Gasteiger partial charge is 0.770 e. The molecule has 1 saturated heterocycles. The number of H-pyrrole nitrogens is 1. The van der Waals surface area contributed by atoms with Crippen molar-refractivity contribution in [1.29, 1.82) is 0 Å². The second-order valence-corrected chi connectivity index (χ2v) is 17.3. The number of hydrogen-bond acceptors (Lipinski definition) is 10. The van der Waals surface area contributed by atoms with Gasteiger partial charge in [0.2, 0.25) is 0 Å². The van der Waals surface area contributed by atoms with Crippen molar-refractivity contribution in [3.63, 3.8) is 0 Å². The first-order valence-electron chi connectivity index (χ1n) is 19.2. The van der Waals surface area contributed by atoms with Crippen LogP contribution in [0.25, 0.3) is 0 Å². The highest BCUT2D eigenvalue weighted by Gasteiger charge is 2.44. The molecule has 0 radical (unpaired) electrons. The molecule has 59 heavy (non-hydrogen) atoms. The summed E-state index contributed by atoms with van der Waals surface area (Å²) in [7, 11) is 3.18. The Kier molecular flexibility index (Phi) is 16.4. The molecule has 2 heterocycles. The van der Waals surface area contributed by atoms with Crippen molar-refractivity contribution in [2.24, 2.45) is 0 Å². The van der Waals surface area contributed by atoms with Crippen LogP contribution in [0.1, 0.15) is 55.7 Å². The first-order chi connectivity index (χ1) is 28.2. The molecule has 6 rings (SSSR count). The van der Waals surface area contributed by atoms with Gasteiger partial charge in [0.15, 0.2) is 6.72 Å². The minimum atomic E-state index is -4.29. The number of benzene rings is 4. The second kappa shape index (κ2) is 21.0. The summed E-state index contributed by atoms with van der Waals surface area (Å²) in [6.07, 6.45) is -1.52. The maximum atomic E-state index is 13.8. The molecular weight excluding hydrogens is 836 g/mol. The Bertz CT molecular complexity index is 2220. The number of halogens is 2. The molecule has 1 unspecified atom stereocenters. The Balaban J connectivity index is 0.000000867. The summed E-state index contributed by atoms with van der Waals surface area (Å²) < 4.78 is 37.3. The van der Waals surface area contributed by atoms with Crippen LogP contribution in [-0.2, 0) is 31.4 Å². The number of nitrogens with zero attached hydrogens (tertiary/aromatic N) is 1. The number of hydrogen-bond donors (Lipinski definition) is 2. The SMILES string of the molecule is CC[NH+](CC)CC.COc1ccc(C(OC[C@H]2O[C@@H](n3cc(C)c(=O)[nH]c3=O)C[C@@H]2OP([O-])(=S)Oc2cc(Cl)cc(Cl)c2)(c2ccccc2)c2ccc(OC)cc2)cc1. The molecule has 2 N–H and O–H groups in total. The van der Waals surface area contributed by atoms with E-state index >= 15 is 0 Å². The van der Waals surface area contributed by atoms with Gasteiger partial charge < -0.3 is 37.8 Å². The summed E-state index contributed by atoms with van der Waals surface area (Å²) in [6.45, 7) is 7.62. The van der Waals surface area contributed by atoms with Crippen molar-refractivity contribution < 1.29 is 37.8 Å². The predicted molar refractivity (Wildman–Crippen MR) is 232 cm³/mol. The van der Waals surface area contributed by atoms with Gasteiger partial charge in [-0.1, -0.05) is 77.8 Å². The van der Waals surface area contributed by atoms with Gasteiger partial charge in [-0.2, -0.15) is 0 Å². The first kappa shape index (κ1) is 46.1. The third kappa shape index (κ3) is 11.6. The second-order valence-electron chi connectivity index (χ2n) is 13.8. The average molecular weight is 887 g/mol. The van der Waals surface area contributed by atoms with Crippen LogP contribution in [0.4, 0.5) is 0 Å². The molecule has 0 aliphatic carbocycles. The highest BCUT2D eigenvalue weighted by atomic mass is 35.5. The van der Waals surface area contributed by atoms with Crippen molar-refractivity contribution in [3.8, 4) is 17.2 Å². The molecular formula is C43H50Cl2N3O9PS. The van der Waals surface area contributed by atoms with Crippen LogP contribution < -0.4 is 35.0 Å².